The lowest BCUT2D eigenvalue weighted by molar-refractivity contribution is 0.0965. The molecule has 0 aliphatic rings. The van der Waals surface area contributed by atoms with Crippen molar-refractivity contribution in [2.75, 3.05) is 0 Å². The summed E-state index contributed by atoms with van der Waals surface area (Å²) in [7, 11) is 0. The monoisotopic (exact) mass is 263 g/mol. The quantitative estimate of drug-likeness (QED) is 0.664. The van der Waals surface area contributed by atoms with Crippen molar-refractivity contribution in [3.63, 3.8) is 0 Å². The molecule has 0 saturated heterocycles. The number of para-hydroxylation sites is 1. The van der Waals surface area contributed by atoms with Gasteiger partial charge < -0.3 is 0 Å². The number of benzene rings is 2. The van der Waals surface area contributed by atoms with Gasteiger partial charge in [-0.3, -0.25) is 14.2 Å². The number of aryl methyl sites for hydroxylation is 1. The van der Waals surface area contributed by atoms with Crippen molar-refractivity contribution in [1.29, 1.82) is 0 Å². The highest BCUT2D eigenvalue weighted by molar-refractivity contribution is 6.07. The maximum Gasteiger partial charge on any atom is 0.262 e. The van der Waals surface area contributed by atoms with Crippen LogP contribution in [0.3, 0.4) is 0 Å². The van der Waals surface area contributed by atoms with Gasteiger partial charge in [0.1, 0.15) is 0 Å². The molecule has 0 N–H and O–H groups in total. The summed E-state index contributed by atoms with van der Waals surface area (Å²) in [6.07, 6.45) is 2.40. The van der Waals surface area contributed by atoms with Gasteiger partial charge in [0.15, 0.2) is 6.29 Å². The molecule has 0 unspecified atom stereocenters. The predicted octanol–water partition coefficient (Wildman–Crippen LogP) is 3.45. The van der Waals surface area contributed by atoms with E-state index < -0.39 is 0 Å². The molecule has 20 heavy (non-hydrogen) atoms. The fourth-order valence-electron chi connectivity index (χ4n) is 2.46. The van der Waals surface area contributed by atoms with E-state index in [1.807, 2.05) is 43.3 Å². The van der Waals surface area contributed by atoms with Crippen LogP contribution in [0.25, 0.3) is 10.9 Å². The molecule has 0 spiro atoms. The van der Waals surface area contributed by atoms with E-state index in [0.717, 1.165) is 22.8 Å². The second-order valence-corrected chi connectivity index (χ2v) is 4.71. The molecule has 1 aromatic heterocycles. The Morgan fingerprint density at radius 3 is 2.50 bits per heavy atom. The molecule has 3 heteroatoms. The first-order chi connectivity index (χ1) is 9.72. The van der Waals surface area contributed by atoms with Gasteiger partial charge in [-0.1, -0.05) is 36.4 Å². The lowest BCUT2D eigenvalue weighted by atomic mass is 10.1. The Kier molecular flexibility index (Phi) is 2.95. The topological polar surface area (TPSA) is 39.1 Å². The van der Waals surface area contributed by atoms with Crippen molar-refractivity contribution in [2.45, 2.75) is 6.92 Å². The number of aromatic nitrogens is 1. The fourth-order valence-corrected chi connectivity index (χ4v) is 2.46. The summed E-state index contributed by atoms with van der Waals surface area (Å²) in [5.74, 6) is -0.127. The average Bonchev–Trinajstić information content (AvgIpc) is 2.87. The van der Waals surface area contributed by atoms with Crippen LogP contribution in [0.4, 0.5) is 0 Å². The van der Waals surface area contributed by atoms with Gasteiger partial charge >= 0.3 is 0 Å². The third-order valence-corrected chi connectivity index (χ3v) is 3.42. The number of hydrogen-bond donors (Lipinski definition) is 0. The summed E-state index contributed by atoms with van der Waals surface area (Å²) < 4.78 is 1.56. The van der Waals surface area contributed by atoms with E-state index in [4.69, 9.17) is 0 Å². The van der Waals surface area contributed by atoms with Crippen LogP contribution in [0.1, 0.15) is 26.3 Å². The average molecular weight is 263 g/mol. The zero-order chi connectivity index (χ0) is 14.1. The molecule has 98 valence electrons. The van der Waals surface area contributed by atoms with Crippen molar-refractivity contribution in [2.24, 2.45) is 0 Å². The van der Waals surface area contributed by atoms with E-state index >= 15 is 0 Å². The molecule has 2 aromatic carbocycles. The highest BCUT2D eigenvalue weighted by atomic mass is 16.2. The molecule has 0 aliphatic carbocycles. The molecule has 3 rings (SSSR count). The number of carbonyl (C=O) groups excluding carboxylic acids is 2. The van der Waals surface area contributed by atoms with Gasteiger partial charge in [0.05, 0.1) is 5.52 Å². The molecule has 0 saturated carbocycles. The van der Waals surface area contributed by atoms with Gasteiger partial charge in [0, 0.05) is 22.7 Å². The first-order valence-corrected chi connectivity index (χ1v) is 6.38. The molecule has 0 atom stereocenters. The largest absolute Gasteiger partial charge is 0.298 e. The van der Waals surface area contributed by atoms with E-state index in [0.29, 0.717) is 11.1 Å². The second-order valence-electron chi connectivity index (χ2n) is 4.71. The number of carbonyl (C=O) groups is 2. The van der Waals surface area contributed by atoms with Crippen molar-refractivity contribution >= 4 is 23.1 Å². The Hall–Kier alpha value is -2.68. The number of nitrogens with zero attached hydrogens (tertiary/aromatic N) is 1. The molecule has 3 aromatic rings. The van der Waals surface area contributed by atoms with Crippen molar-refractivity contribution in [3.05, 3.63) is 71.4 Å². The number of rotatable bonds is 2. The van der Waals surface area contributed by atoms with Crippen LogP contribution >= 0.6 is 0 Å². The van der Waals surface area contributed by atoms with Crippen molar-refractivity contribution in [3.8, 4) is 0 Å². The SMILES string of the molecule is Cc1cccc2c(C=O)cn(C(=O)c3ccccc3)c12. The summed E-state index contributed by atoms with van der Waals surface area (Å²) in [6.45, 7) is 1.94. The third-order valence-electron chi connectivity index (χ3n) is 3.42. The summed E-state index contributed by atoms with van der Waals surface area (Å²) in [4.78, 5) is 23.8. The van der Waals surface area contributed by atoms with E-state index in [9.17, 15) is 9.59 Å². The third kappa shape index (κ3) is 1.84. The molecule has 3 nitrogen and oxygen atoms in total. The van der Waals surface area contributed by atoms with Crippen LogP contribution in [-0.2, 0) is 0 Å². The lowest BCUT2D eigenvalue weighted by Crippen LogP contribution is -2.11. The zero-order valence-electron chi connectivity index (χ0n) is 11.0. The zero-order valence-corrected chi connectivity index (χ0v) is 11.0. The molecule has 0 bridgehead atoms. The summed E-state index contributed by atoms with van der Waals surface area (Å²) in [5.41, 5.74) is 2.90. The molecule has 0 amide bonds. The normalized spacial score (nSPS) is 10.7. The Labute approximate surface area is 116 Å². The van der Waals surface area contributed by atoms with Crippen LogP contribution in [0, 0.1) is 6.92 Å². The van der Waals surface area contributed by atoms with Crippen LogP contribution in [0.2, 0.25) is 0 Å². The van der Waals surface area contributed by atoms with Crippen LogP contribution in [-0.4, -0.2) is 16.8 Å². The van der Waals surface area contributed by atoms with Crippen molar-refractivity contribution in [1.82, 2.24) is 4.57 Å². The first kappa shape index (κ1) is 12.4. The van der Waals surface area contributed by atoms with Gasteiger partial charge in [0.25, 0.3) is 5.91 Å². The number of hydrogen-bond acceptors (Lipinski definition) is 2. The van der Waals surface area contributed by atoms with E-state index in [2.05, 4.69) is 0 Å². The predicted molar refractivity (Wildman–Crippen MR) is 78.2 cm³/mol. The highest BCUT2D eigenvalue weighted by Crippen LogP contribution is 2.24. The standard InChI is InChI=1S/C17H13NO2/c1-12-6-5-9-15-14(11-19)10-18(16(12)15)17(20)13-7-3-2-4-8-13/h2-11H,1H3. The smallest absolute Gasteiger partial charge is 0.262 e. The Balaban J connectivity index is 2.27. The number of aldehydes is 1. The Bertz CT molecular complexity index is 800. The van der Waals surface area contributed by atoms with E-state index in [1.54, 1.807) is 22.9 Å². The van der Waals surface area contributed by atoms with Crippen LogP contribution in [0.5, 0.6) is 0 Å². The molecule has 0 fully saturated rings. The van der Waals surface area contributed by atoms with Crippen molar-refractivity contribution < 1.29 is 9.59 Å². The molecule has 1 heterocycles. The number of fused-ring (bicyclic) bond motifs is 1. The van der Waals surface area contributed by atoms with E-state index in [-0.39, 0.29) is 5.91 Å². The summed E-state index contributed by atoms with van der Waals surface area (Å²) in [5, 5.41) is 0.810. The second kappa shape index (κ2) is 4.78. The first-order valence-electron chi connectivity index (χ1n) is 6.38. The molecular formula is C17H13NO2. The minimum Gasteiger partial charge on any atom is -0.298 e. The summed E-state index contributed by atoms with van der Waals surface area (Å²) in [6, 6.07) is 14.8. The summed E-state index contributed by atoms with van der Waals surface area (Å²) >= 11 is 0. The molecule has 0 radical (unpaired) electrons. The molecular weight excluding hydrogens is 250 g/mol. The van der Waals surface area contributed by atoms with Gasteiger partial charge in [-0.05, 0) is 24.6 Å². The Morgan fingerprint density at radius 2 is 1.80 bits per heavy atom. The van der Waals surface area contributed by atoms with Crippen LogP contribution in [0.15, 0.2) is 54.7 Å². The van der Waals surface area contributed by atoms with E-state index in [1.165, 1.54) is 0 Å². The fraction of sp³-hybridized carbons (Fsp3) is 0.0588. The van der Waals surface area contributed by atoms with Gasteiger partial charge in [0.2, 0.25) is 0 Å². The molecule has 0 aliphatic heterocycles. The maximum atomic E-state index is 12.6. The maximum absolute atomic E-state index is 12.6. The Morgan fingerprint density at radius 1 is 1.05 bits per heavy atom. The van der Waals surface area contributed by atoms with Gasteiger partial charge in [-0.2, -0.15) is 0 Å². The lowest BCUT2D eigenvalue weighted by Gasteiger charge is -2.06. The van der Waals surface area contributed by atoms with Crippen LogP contribution < -0.4 is 0 Å². The minimum absolute atomic E-state index is 0.127. The highest BCUT2D eigenvalue weighted by Gasteiger charge is 2.15. The minimum atomic E-state index is -0.127. The van der Waals surface area contributed by atoms with Gasteiger partial charge in [-0.15, -0.1) is 0 Å². The van der Waals surface area contributed by atoms with Gasteiger partial charge in [-0.25, -0.2) is 0 Å².